The molecule has 1 aromatic heterocycles. The van der Waals surface area contributed by atoms with Gasteiger partial charge in [-0.15, -0.1) is 10.2 Å². The van der Waals surface area contributed by atoms with Crippen molar-refractivity contribution in [1.29, 1.82) is 0 Å². The fraction of sp³-hybridized carbons (Fsp3) is 0.250. The van der Waals surface area contributed by atoms with Crippen LogP contribution in [0.2, 0.25) is 0 Å². The van der Waals surface area contributed by atoms with E-state index in [1.807, 2.05) is 42.5 Å². The van der Waals surface area contributed by atoms with Gasteiger partial charge in [-0.25, -0.2) is 0 Å². The van der Waals surface area contributed by atoms with Crippen LogP contribution in [0.5, 0.6) is 11.5 Å². The molecule has 0 amide bonds. The van der Waals surface area contributed by atoms with E-state index in [0.29, 0.717) is 17.2 Å². The summed E-state index contributed by atoms with van der Waals surface area (Å²) in [5.41, 5.74) is 4.79. The lowest BCUT2D eigenvalue weighted by molar-refractivity contribution is 0.101. The zero-order chi connectivity index (χ0) is 24.9. The Morgan fingerprint density at radius 3 is 2.37 bits per heavy atom. The first-order chi connectivity index (χ1) is 16.9. The van der Waals surface area contributed by atoms with E-state index in [1.54, 1.807) is 39.0 Å². The second-order valence-electron chi connectivity index (χ2n) is 8.46. The van der Waals surface area contributed by atoms with E-state index < -0.39 is 0 Å². The Bertz CT molecular complexity index is 1330. The van der Waals surface area contributed by atoms with Gasteiger partial charge in [-0.1, -0.05) is 43.8 Å². The van der Waals surface area contributed by atoms with Gasteiger partial charge in [-0.2, -0.15) is 0 Å². The quantitative estimate of drug-likeness (QED) is 0.196. The molecule has 180 valence electrons. The summed E-state index contributed by atoms with van der Waals surface area (Å²) in [5, 5.41) is 9.93. The van der Waals surface area contributed by atoms with E-state index in [0.717, 1.165) is 39.3 Å². The number of methoxy groups -OCH3 is 2. The summed E-state index contributed by atoms with van der Waals surface area (Å²) in [7, 11) is 3.29. The molecule has 0 aliphatic carbocycles. The molecule has 4 aromatic rings. The monoisotopic (exact) mass is 487 g/mol. The lowest BCUT2D eigenvalue weighted by atomic mass is 10.0. The van der Waals surface area contributed by atoms with Gasteiger partial charge in [0, 0.05) is 22.4 Å². The average molecular weight is 488 g/mol. The lowest BCUT2D eigenvalue weighted by Gasteiger charge is -2.17. The minimum absolute atomic E-state index is 0.0229. The maximum Gasteiger partial charge on any atom is 0.196 e. The molecule has 7 heteroatoms. The van der Waals surface area contributed by atoms with Crippen LogP contribution in [0.25, 0.3) is 17.1 Å². The number of thioether (sulfide) groups is 1. The highest BCUT2D eigenvalue weighted by Crippen LogP contribution is 2.35. The molecular formula is C28H29N3O3S. The molecule has 4 rings (SSSR count). The SMILES string of the molecule is COc1ccc(-c2nnc(SCc3cc(C(C)=O)ccc3OC)n2-c2ccccc2C(C)C)cc1. The van der Waals surface area contributed by atoms with Crippen LogP contribution in [0, 0.1) is 0 Å². The van der Waals surface area contributed by atoms with Crippen molar-refractivity contribution in [1.82, 2.24) is 14.8 Å². The maximum absolute atomic E-state index is 11.9. The number of benzene rings is 3. The van der Waals surface area contributed by atoms with Crippen LogP contribution in [0.1, 0.15) is 48.2 Å². The number of hydrogen-bond donors (Lipinski definition) is 0. The number of para-hydroxylation sites is 1. The number of carbonyl (C=O) groups excluding carboxylic acids is 1. The Morgan fingerprint density at radius 2 is 1.71 bits per heavy atom. The molecule has 0 aliphatic rings. The number of aromatic nitrogens is 3. The number of hydrogen-bond acceptors (Lipinski definition) is 6. The summed E-state index contributed by atoms with van der Waals surface area (Å²) in [6.07, 6.45) is 0. The van der Waals surface area contributed by atoms with Crippen molar-refractivity contribution in [2.24, 2.45) is 0 Å². The number of ether oxygens (including phenoxy) is 2. The van der Waals surface area contributed by atoms with Crippen LogP contribution in [0.15, 0.2) is 71.9 Å². The van der Waals surface area contributed by atoms with Crippen molar-refractivity contribution in [3.8, 4) is 28.6 Å². The fourth-order valence-electron chi connectivity index (χ4n) is 3.94. The van der Waals surface area contributed by atoms with E-state index in [-0.39, 0.29) is 5.78 Å². The zero-order valence-electron chi connectivity index (χ0n) is 20.6. The van der Waals surface area contributed by atoms with Crippen molar-refractivity contribution in [3.05, 3.63) is 83.4 Å². The maximum atomic E-state index is 11.9. The summed E-state index contributed by atoms with van der Waals surface area (Å²) in [6, 6.07) is 21.7. The van der Waals surface area contributed by atoms with Gasteiger partial charge in [-0.3, -0.25) is 9.36 Å². The van der Waals surface area contributed by atoms with E-state index in [2.05, 4.69) is 46.8 Å². The summed E-state index contributed by atoms with van der Waals surface area (Å²) in [6.45, 7) is 5.93. The van der Waals surface area contributed by atoms with Crippen LogP contribution in [-0.2, 0) is 5.75 Å². The summed E-state index contributed by atoms with van der Waals surface area (Å²) < 4.78 is 13.0. The molecule has 6 nitrogen and oxygen atoms in total. The highest BCUT2D eigenvalue weighted by molar-refractivity contribution is 7.98. The molecule has 0 radical (unpaired) electrons. The van der Waals surface area contributed by atoms with Crippen LogP contribution < -0.4 is 9.47 Å². The van der Waals surface area contributed by atoms with E-state index in [9.17, 15) is 4.79 Å². The molecule has 0 spiro atoms. The highest BCUT2D eigenvalue weighted by Gasteiger charge is 2.20. The third kappa shape index (κ3) is 5.25. The highest BCUT2D eigenvalue weighted by atomic mass is 32.2. The molecule has 3 aromatic carbocycles. The minimum Gasteiger partial charge on any atom is -0.497 e. The van der Waals surface area contributed by atoms with Crippen LogP contribution in [0.4, 0.5) is 0 Å². The van der Waals surface area contributed by atoms with Crippen LogP contribution in [0.3, 0.4) is 0 Å². The van der Waals surface area contributed by atoms with Crippen LogP contribution in [-0.4, -0.2) is 34.8 Å². The van der Waals surface area contributed by atoms with Crippen molar-refractivity contribution in [3.63, 3.8) is 0 Å². The Balaban J connectivity index is 1.79. The second-order valence-corrected chi connectivity index (χ2v) is 9.40. The predicted octanol–water partition coefficient (Wildman–Crippen LogP) is 6.57. The van der Waals surface area contributed by atoms with Gasteiger partial charge in [0.15, 0.2) is 16.8 Å². The third-order valence-corrected chi connectivity index (χ3v) is 6.80. The molecule has 0 bridgehead atoms. The molecular weight excluding hydrogens is 458 g/mol. The molecule has 0 unspecified atom stereocenters. The van der Waals surface area contributed by atoms with Crippen molar-refractivity contribution >= 4 is 17.5 Å². The van der Waals surface area contributed by atoms with Gasteiger partial charge in [0.05, 0.1) is 19.9 Å². The smallest absolute Gasteiger partial charge is 0.196 e. The van der Waals surface area contributed by atoms with E-state index in [4.69, 9.17) is 9.47 Å². The first-order valence-electron chi connectivity index (χ1n) is 11.4. The van der Waals surface area contributed by atoms with E-state index in [1.165, 1.54) is 5.56 Å². The predicted molar refractivity (Wildman–Crippen MR) is 140 cm³/mol. The van der Waals surface area contributed by atoms with Gasteiger partial charge >= 0.3 is 0 Å². The summed E-state index contributed by atoms with van der Waals surface area (Å²) >= 11 is 1.56. The number of rotatable bonds is 9. The molecule has 0 fully saturated rings. The number of ketones is 1. The molecule has 0 N–H and O–H groups in total. The lowest BCUT2D eigenvalue weighted by Crippen LogP contribution is -2.05. The minimum atomic E-state index is 0.0229. The standard InChI is InChI=1S/C28H29N3O3S/c1-18(2)24-8-6-7-9-25(24)31-27(20-10-13-23(33-4)14-11-20)29-30-28(31)35-17-22-16-21(19(3)32)12-15-26(22)34-5/h6-16,18H,17H2,1-5H3. The number of Topliss-reactive ketones (excluding diaryl/α,β-unsaturated/α-hetero) is 1. The average Bonchev–Trinajstić information content (AvgIpc) is 3.30. The fourth-order valence-corrected chi connectivity index (χ4v) is 4.86. The molecule has 0 saturated heterocycles. The van der Waals surface area contributed by atoms with Gasteiger partial charge in [0.1, 0.15) is 11.5 Å². The number of nitrogens with zero attached hydrogens (tertiary/aromatic N) is 3. The molecule has 1 heterocycles. The Kier molecular flexibility index (Phi) is 7.56. The molecule has 35 heavy (non-hydrogen) atoms. The van der Waals surface area contributed by atoms with Crippen molar-refractivity contribution in [2.75, 3.05) is 14.2 Å². The van der Waals surface area contributed by atoms with Gasteiger partial charge in [0.25, 0.3) is 0 Å². The Hall–Kier alpha value is -3.58. The topological polar surface area (TPSA) is 66.2 Å². The zero-order valence-corrected chi connectivity index (χ0v) is 21.4. The summed E-state index contributed by atoms with van der Waals surface area (Å²) in [4.78, 5) is 11.9. The van der Waals surface area contributed by atoms with Gasteiger partial charge < -0.3 is 9.47 Å². The van der Waals surface area contributed by atoms with Gasteiger partial charge in [-0.05, 0) is 66.9 Å². The largest absolute Gasteiger partial charge is 0.497 e. The van der Waals surface area contributed by atoms with Crippen molar-refractivity contribution < 1.29 is 14.3 Å². The van der Waals surface area contributed by atoms with E-state index >= 15 is 0 Å². The second kappa shape index (κ2) is 10.8. The Labute approximate surface area is 210 Å². The molecule has 0 aliphatic heterocycles. The molecule has 0 atom stereocenters. The molecule has 0 saturated carbocycles. The Morgan fingerprint density at radius 1 is 0.971 bits per heavy atom. The summed E-state index contributed by atoms with van der Waals surface area (Å²) in [5.74, 6) is 3.21. The van der Waals surface area contributed by atoms with Crippen molar-refractivity contribution in [2.45, 2.75) is 37.6 Å². The van der Waals surface area contributed by atoms with Gasteiger partial charge in [0.2, 0.25) is 0 Å². The first kappa shape index (κ1) is 24.5. The first-order valence-corrected chi connectivity index (χ1v) is 12.4. The normalized spacial score (nSPS) is 11.0. The third-order valence-electron chi connectivity index (χ3n) is 5.82. The van der Waals surface area contributed by atoms with Crippen LogP contribution >= 0.6 is 11.8 Å². The number of carbonyl (C=O) groups is 1.